The molecule has 8 heteroatoms. The molecule has 0 saturated carbocycles. The number of hydrogen-bond acceptors (Lipinski definition) is 5. The lowest BCUT2D eigenvalue weighted by Gasteiger charge is -2.40. The van der Waals surface area contributed by atoms with Gasteiger partial charge in [0, 0.05) is 13.1 Å². The number of rotatable bonds is 9. The second kappa shape index (κ2) is 11.6. The van der Waals surface area contributed by atoms with Gasteiger partial charge in [-0.2, -0.15) is 0 Å². The minimum atomic E-state index is -0.937. The van der Waals surface area contributed by atoms with Crippen LogP contribution in [0.1, 0.15) is 31.9 Å². The number of nitrogens with one attached hydrogen (secondary N) is 1. The lowest BCUT2D eigenvalue weighted by Crippen LogP contribution is -2.56. The number of aliphatic hydroxyl groups is 1. The molecule has 2 N–H and O–H groups in total. The van der Waals surface area contributed by atoms with E-state index in [1.54, 1.807) is 30.5 Å². The van der Waals surface area contributed by atoms with Crippen LogP contribution < -0.4 is 5.32 Å². The molecule has 1 aliphatic rings. The molecule has 0 fully saturated rings. The number of carbonyl (C=O) groups is 4. The first-order valence-corrected chi connectivity index (χ1v) is 11.6. The lowest BCUT2D eigenvalue weighted by molar-refractivity contribution is -0.145. The van der Waals surface area contributed by atoms with Crippen LogP contribution in [-0.4, -0.2) is 63.6 Å². The van der Waals surface area contributed by atoms with E-state index in [1.807, 2.05) is 50.2 Å². The Kier molecular flexibility index (Phi) is 8.54. The van der Waals surface area contributed by atoms with E-state index in [0.29, 0.717) is 11.3 Å². The monoisotopic (exact) mass is 477 g/mol. The third kappa shape index (κ3) is 6.22. The highest BCUT2D eigenvalue weighted by atomic mass is 16.3. The van der Waals surface area contributed by atoms with Crippen molar-refractivity contribution in [3.05, 3.63) is 78.0 Å². The Bertz CT molecular complexity index is 1100. The molecule has 0 unspecified atom stereocenters. The van der Waals surface area contributed by atoms with Crippen LogP contribution in [0.5, 0.6) is 0 Å². The van der Waals surface area contributed by atoms with E-state index in [9.17, 15) is 24.3 Å². The fraction of sp³-hybridized carbons (Fsp3) is 0.333. The van der Waals surface area contributed by atoms with Gasteiger partial charge in [-0.3, -0.25) is 24.1 Å². The van der Waals surface area contributed by atoms with Crippen molar-refractivity contribution in [1.82, 2.24) is 15.1 Å². The van der Waals surface area contributed by atoms with Crippen LogP contribution in [0.2, 0.25) is 0 Å². The molecule has 1 aliphatic heterocycles. The van der Waals surface area contributed by atoms with Crippen molar-refractivity contribution >= 4 is 29.2 Å². The van der Waals surface area contributed by atoms with Gasteiger partial charge in [0.05, 0.1) is 11.7 Å². The lowest BCUT2D eigenvalue weighted by atomic mass is 9.97. The number of hydrogen-bond donors (Lipinski definition) is 2. The number of nitrogens with zero attached hydrogens (tertiary/aromatic N) is 2. The number of aliphatic hydroxyl groups excluding tert-OH is 1. The normalized spacial score (nSPS) is 16.7. The maximum absolute atomic E-state index is 13.6. The fourth-order valence-corrected chi connectivity index (χ4v) is 4.16. The van der Waals surface area contributed by atoms with E-state index < -0.39 is 30.4 Å². The zero-order valence-corrected chi connectivity index (χ0v) is 20.2. The van der Waals surface area contributed by atoms with Crippen molar-refractivity contribution in [2.24, 2.45) is 5.92 Å². The van der Waals surface area contributed by atoms with Gasteiger partial charge in [0.2, 0.25) is 11.8 Å². The highest BCUT2D eigenvalue weighted by molar-refractivity contribution is 6.00. The maximum Gasteiger partial charge on any atom is 0.250 e. The van der Waals surface area contributed by atoms with Crippen molar-refractivity contribution in [2.45, 2.75) is 39.3 Å². The molecule has 2 aromatic rings. The van der Waals surface area contributed by atoms with Gasteiger partial charge in [0.25, 0.3) is 5.91 Å². The van der Waals surface area contributed by atoms with Gasteiger partial charge in [-0.1, -0.05) is 74.5 Å². The summed E-state index contributed by atoms with van der Waals surface area (Å²) in [6.07, 6.45) is 1.82. The summed E-state index contributed by atoms with van der Waals surface area (Å²) in [5.41, 5.74) is 1.93. The van der Waals surface area contributed by atoms with E-state index in [0.717, 1.165) is 5.56 Å². The van der Waals surface area contributed by atoms with Gasteiger partial charge in [-0.25, -0.2) is 0 Å². The second-order valence-corrected chi connectivity index (χ2v) is 8.85. The van der Waals surface area contributed by atoms with E-state index in [4.69, 9.17) is 0 Å². The number of benzene rings is 2. The number of carbonyl (C=O) groups excluding carboxylic acids is 4. The molecule has 0 aliphatic carbocycles. The summed E-state index contributed by atoms with van der Waals surface area (Å²) in [6.45, 7) is 4.04. The van der Waals surface area contributed by atoms with Gasteiger partial charge in [-0.05, 0) is 23.5 Å². The predicted molar refractivity (Wildman–Crippen MR) is 131 cm³/mol. The van der Waals surface area contributed by atoms with Gasteiger partial charge < -0.3 is 15.3 Å². The quantitative estimate of drug-likeness (QED) is 0.575. The minimum Gasteiger partial charge on any atom is -0.389 e. The average molecular weight is 478 g/mol. The fourth-order valence-electron chi connectivity index (χ4n) is 4.16. The SMILES string of the molecule is CC(=O)N1C=C(c2ccccc2)N(CC(=O)N[C@@H](Cc2ccccc2)C(=O)CO)C(=O)[C@H]1C(C)C. The van der Waals surface area contributed by atoms with Gasteiger partial charge in [-0.15, -0.1) is 0 Å². The molecular weight excluding hydrogens is 446 g/mol. The van der Waals surface area contributed by atoms with Crippen LogP contribution >= 0.6 is 0 Å². The summed E-state index contributed by atoms with van der Waals surface area (Å²) in [5.74, 6) is -1.89. The molecule has 2 aromatic carbocycles. The molecule has 3 amide bonds. The summed E-state index contributed by atoms with van der Waals surface area (Å²) in [7, 11) is 0. The van der Waals surface area contributed by atoms with Crippen LogP contribution in [-0.2, 0) is 25.6 Å². The number of amides is 3. The summed E-state index contributed by atoms with van der Waals surface area (Å²) in [6, 6.07) is 16.5. The van der Waals surface area contributed by atoms with Crippen LogP contribution in [0.4, 0.5) is 0 Å². The Hall–Kier alpha value is -3.78. The van der Waals surface area contributed by atoms with Crippen LogP contribution in [0.25, 0.3) is 5.70 Å². The molecule has 2 atom stereocenters. The minimum absolute atomic E-state index is 0.188. The van der Waals surface area contributed by atoms with Gasteiger partial charge in [0.15, 0.2) is 5.78 Å². The van der Waals surface area contributed by atoms with Gasteiger partial charge in [0.1, 0.15) is 19.2 Å². The third-order valence-electron chi connectivity index (χ3n) is 5.90. The van der Waals surface area contributed by atoms with Crippen LogP contribution in [0.3, 0.4) is 0 Å². The van der Waals surface area contributed by atoms with Crippen LogP contribution in [0.15, 0.2) is 66.9 Å². The third-order valence-corrected chi connectivity index (χ3v) is 5.90. The summed E-state index contributed by atoms with van der Waals surface area (Å²) < 4.78 is 0. The molecule has 1 heterocycles. The van der Waals surface area contributed by atoms with E-state index in [1.165, 1.54) is 16.7 Å². The molecule has 3 rings (SSSR count). The molecule has 184 valence electrons. The highest BCUT2D eigenvalue weighted by Crippen LogP contribution is 2.29. The summed E-state index contributed by atoms with van der Waals surface area (Å²) >= 11 is 0. The molecule has 0 saturated heterocycles. The van der Waals surface area contributed by atoms with Crippen molar-refractivity contribution in [3.63, 3.8) is 0 Å². The van der Waals surface area contributed by atoms with E-state index in [2.05, 4.69) is 5.32 Å². The topological polar surface area (TPSA) is 107 Å². The van der Waals surface area contributed by atoms with Crippen molar-refractivity contribution < 1.29 is 24.3 Å². The molecule has 0 spiro atoms. The Morgan fingerprint density at radius 3 is 2.14 bits per heavy atom. The first kappa shape index (κ1) is 25.8. The van der Waals surface area contributed by atoms with Crippen molar-refractivity contribution in [1.29, 1.82) is 0 Å². The number of Topliss-reactive ketones (excluding diaryl/α,β-unsaturated/α-hetero) is 1. The Morgan fingerprint density at radius 2 is 1.60 bits per heavy atom. The molecular formula is C27H31N3O5. The second-order valence-electron chi connectivity index (χ2n) is 8.85. The molecule has 35 heavy (non-hydrogen) atoms. The molecule has 0 aromatic heterocycles. The zero-order chi connectivity index (χ0) is 25.5. The molecule has 0 radical (unpaired) electrons. The Labute approximate surface area is 205 Å². The van der Waals surface area contributed by atoms with E-state index in [-0.39, 0.29) is 30.7 Å². The van der Waals surface area contributed by atoms with Crippen LogP contribution in [0, 0.1) is 5.92 Å². The predicted octanol–water partition coefficient (Wildman–Crippen LogP) is 1.99. The van der Waals surface area contributed by atoms with Crippen molar-refractivity contribution in [2.75, 3.05) is 13.2 Å². The molecule has 0 bridgehead atoms. The smallest absolute Gasteiger partial charge is 0.250 e. The first-order chi connectivity index (χ1) is 16.7. The van der Waals surface area contributed by atoms with Crippen molar-refractivity contribution in [3.8, 4) is 0 Å². The Balaban J connectivity index is 1.90. The summed E-state index contributed by atoms with van der Waals surface area (Å²) in [4.78, 5) is 54.2. The maximum atomic E-state index is 13.6. The molecule has 8 nitrogen and oxygen atoms in total. The highest BCUT2D eigenvalue weighted by Gasteiger charge is 2.40. The first-order valence-electron chi connectivity index (χ1n) is 11.6. The number of ketones is 1. The Morgan fingerprint density at radius 1 is 1.00 bits per heavy atom. The largest absolute Gasteiger partial charge is 0.389 e. The average Bonchev–Trinajstić information content (AvgIpc) is 2.84. The summed E-state index contributed by atoms with van der Waals surface area (Å²) in [5, 5.41) is 12.1. The standard InChI is InChI=1S/C27H31N3O5/c1-18(2)26-27(35)30(23(15-29(26)19(3)32)21-12-8-5-9-13-21)16-25(34)28-22(24(33)17-31)14-20-10-6-4-7-11-20/h4-13,15,18,22,26,31H,14,16-17H2,1-3H3,(H,28,34)/t22-,26+/m0/s1. The van der Waals surface area contributed by atoms with Gasteiger partial charge >= 0.3 is 0 Å². The zero-order valence-electron chi connectivity index (χ0n) is 20.2. The van der Waals surface area contributed by atoms with E-state index >= 15 is 0 Å².